The van der Waals surface area contributed by atoms with Gasteiger partial charge in [0, 0.05) is 4.43 Å². The molecule has 0 saturated carbocycles. The van der Waals surface area contributed by atoms with Gasteiger partial charge in [-0.2, -0.15) is 0 Å². The minimum atomic E-state index is 1.10. The van der Waals surface area contributed by atoms with Crippen LogP contribution in [0.4, 0.5) is 0 Å². The monoisotopic (exact) mass is 289 g/mol. The van der Waals surface area contributed by atoms with Crippen molar-refractivity contribution in [3.63, 3.8) is 0 Å². The summed E-state index contributed by atoms with van der Waals surface area (Å²) in [4.78, 5) is 0. The van der Waals surface area contributed by atoms with E-state index in [0.29, 0.717) is 0 Å². The Labute approximate surface area is 94.1 Å². The summed E-state index contributed by atoms with van der Waals surface area (Å²) >= 11 is 2.41. The van der Waals surface area contributed by atoms with Gasteiger partial charge in [0.1, 0.15) is 0 Å². The van der Waals surface area contributed by atoms with Crippen LogP contribution in [0.1, 0.15) is 12.0 Å². The smallest absolute Gasteiger partial charge is 0.000735 e. The molecule has 0 spiro atoms. The Hall–Kier alpha value is -0.0900. The van der Waals surface area contributed by atoms with Crippen LogP contribution in [-0.4, -0.2) is 17.5 Å². The van der Waals surface area contributed by atoms with Crippen molar-refractivity contribution in [3.05, 3.63) is 35.9 Å². The standard InChI is InChI=1S/C11H16IN/c12-8-4-9-13-10-7-11-5-2-1-3-6-11/h1-3,5-6,13H,4,7-10H2. The molecule has 0 aliphatic carbocycles. The lowest BCUT2D eigenvalue weighted by Gasteiger charge is -2.02. The lowest BCUT2D eigenvalue weighted by molar-refractivity contribution is 0.677. The average molecular weight is 289 g/mol. The molecule has 1 aromatic carbocycles. The third kappa shape index (κ3) is 5.26. The van der Waals surface area contributed by atoms with Crippen molar-refractivity contribution >= 4 is 22.6 Å². The Morgan fingerprint density at radius 3 is 2.54 bits per heavy atom. The number of rotatable bonds is 6. The first-order valence-corrected chi connectivity index (χ1v) is 6.26. The van der Waals surface area contributed by atoms with E-state index < -0.39 is 0 Å². The van der Waals surface area contributed by atoms with Crippen LogP contribution in [0.3, 0.4) is 0 Å². The molecule has 72 valence electrons. The van der Waals surface area contributed by atoms with Crippen LogP contribution in [0.15, 0.2) is 30.3 Å². The first kappa shape index (κ1) is 11.0. The average Bonchev–Trinajstić information content (AvgIpc) is 2.19. The number of hydrogen-bond acceptors (Lipinski definition) is 1. The summed E-state index contributed by atoms with van der Waals surface area (Å²) in [6, 6.07) is 10.6. The topological polar surface area (TPSA) is 12.0 Å². The summed E-state index contributed by atoms with van der Waals surface area (Å²) < 4.78 is 1.25. The minimum absolute atomic E-state index is 1.10. The predicted molar refractivity (Wildman–Crippen MR) is 66.5 cm³/mol. The van der Waals surface area contributed by atoms with E-state index in [2.05, 4.69) is 58.2 Å². The molecule has 0 bridgehead atoms. The Morgan fingerprint density at radius 2 is 1.85 bits per heavy atom. The molecule has 0 aliphatic rings. The van der Waals surface area contributed by atoms with Gasteiger partial charge in [0.15, 0.2) is 0 Å². The Bertz CT molecular complexity index is 211. The second-order valence-corrected chi connectivity index (χ2v) is 4.11. The van der Waals surface area contributed by atoms with Gasteiger partial charge in [-0.1, -0.05) is 52.9 Å². The number of halogens is 1. The molecule has 1 N–H and O–H groups in total. The summed E-state index contributed by atoms with van der Waals surface area (Å²) in [6.45, 7) is 2.25. The van der Waals surface area contributed by atoms with Crippen LogP contribution in [0.5, 0.6) is 0 Å². The lowest BCUT2D eigenvalue weighted by Crippen LogP contribution is -2.18. The molecule has 0 aromatic heterocycles. The van der Waals surface area contributed by atoms with Gasteiger partial charge in [-0.3, -0.25) is 0 Å². The summed E-state index contributed by atoms with van der Waals surface area (Å²) in [5.74, 6) is 0. The fourth-order valence-corrected chi connectivity index (χ4v) is 1.58. The van der Waals surface area contributed by atoms with E-state index in [9.17, 15) is 0 Å². The third-order valence-electron chi connectivity index (χ3n) is 1.92. The van der Waals surface area contributed by atoms with Gasteiger partial charge < -0.3 is 5.32 Å². The zero-order chi connectivity index (χ0) is 9.36. The molecule has 1 rings (SSSR count). The number of alkyl halides is 1. The van der Waals surface area contributed by atoms with Crippen molar-refractivity contribution in [2.45, 2.75) is 12.8 Å². The zero-order valence-corrected chi connectivity index (χ0v) is 9.96. The highest BCUT2D eigenvalue weighted by atomic mass is 127. The van der Waals surface area contributed by atoms with Gasteiger partial charge >= 0.3 is 0 Å². The Morgan fingerprint density at radius 1 is 1.08 bits per heavy atom. The van der Waals surface area contributed by atoms with Crippen molar-refractivity contribution in [1.29, 1.82) is 0 Å². The van der Waals surface area contributed by atoms with Gasteiger partial charge in [0.05, 0.1) is 0 Å². The van der Waals surface area contributed by atoms with Crippen LogP contribution in [-0.2, 0) is 6.42 Å². The second-order valence-electron chi connectivity index (χ2n) is 3.03. The summed E-state index contributed by atoms with van der Waals surface area (Å²) in [5.41, 5.74) is 1.42. The van der Waals surface area contributed by atoms with Gasteiger partial charge in [0.25, 0.3) is 0 Å². The van der Waals surface area contributed by atoms with E-state index in [1.807, 2.05) is 0 Å². The molecule has 0 unspecified atom stereocenters. The van der Waals surface area contributed by atoms with Gasteiger partial charge in [-0.05, 0) is 31.5 Å². The maximum atomic E-state index is 3.43. The fourth-order valence-electron chi connectivity index (χ4n) is 1.19. The van der Waals surface area contributed by atoms with Crippen molar-refractivity contribution in [2.24, 2.45) is 0 Å². The first-order chi connectivity index (χ1) is 6.43. The normalized spacial score (nSPS) is 10.2. The maximum absolute atomic E-state index is 3.43. The Balaban J connectivity index is 2.07. The van der Waals surface area contributed by atoms with E-state index >= 15 is 0 Å². The summed E-state index contributed by atoms with van der Waals surface area (Å²) in [6.07, 6.45) is 2.41. The van der Waals surface area contributed by atoms with Crippen molar-refractivity contribution in [3.8, 4) is 0 Å². The van der Waals surface area contributed by atoms with Gasteiger partial charge in [-0.15, -0.1) is 0 Å². The maximum Gasteiger partial charge on any atom is 0.000735 e. The number of hydrogen-bond donors (Lipinski definition) is 1. The van der Waals surface area contributed by atoms with Crippen LogP contribution in [0.2, 0.25) is 0 Å². The SMILES string of the molecule is ICCCNCCc1ccccc1. The van der Waals surface area contributed by atoms with Crippen LogP contribution < -0.4 is 5.32 Å². The number of nitrogens with one attached hydrogen (secondary N) is 1. The van der Waals surface area contributed by atoms with Crippen LogP contribution >= 0.6 is 22.6 Å². The molecule has 0 amide bonds. The lowest BCUT2D eigenvalue weighted by atomic mass is 10.1. The summed E-state index contributed by atoms with van der Waals surface area (Å²) in [5, 5.41) is 3.43. The van der Waals surface area contributed by atoms with Gasteiger partial charge in [0.2, 0.25) is 0 Å². The molecule has 0 fully saturated rings. The highest BCUT2D eigenvalue weighted by molar-refractivity contribution is 14.1. The molecule has 0 aliphatic heterocycles. The predicted octanol–water partition coefficient (Wildman–Crippen LogP) is 2.64. The van der Waals surface area contributed by atoms with Crippen LogP contribution in [0.25, 0.3) is 0 Å². The van der Waals surface area contributed by atoms with E-state index in [1.165, 1.54) is 16.4 Å². The van der Waals surface area contributed by atoms with E-state index in [0.717, 1.165) is 19.5 Å². The van der Waals surface area contributed by atoms with E-state index in [1.54, 1.807) is 0 Å². The minimum Gasteiger partial charge on any atom is -0.316 e. The van der Waals surface area contributed by atoms with Crippen molar-refractivity contribution < 1.29 is 0 Å². The zero-order valence-electron chi connectivity index (χ0n) is 7.80. The molecule has 2 heteroatoms. The Kier molecular flexibility index (Phi) is 6.19. The van der Waals surface area contributed by atoms with Crippen LogP contribution in [0, 0.1) is 0 Å². The fraction of sp³-hybridized carbons (Fsp3) is 0.455. The molecule has 1 nitrogen and oxygen atoms in total. The van der Waals surface area contributed by atoms with E-state index in [4.69, 9.17) is 0 Å². The number of benzene rings is 1. The summed E-state index contributed by atoms with van der Waals surface area (Å²) in [7, 11) is 0. The quantitative estimate of drug-likeness (QED) is 0.482. The molecule has 0 saturated heterocycles. The largest absolute Gasteiger partial charge is 0.316 e. The molecule has 0 radical (unpaired) electrons. The first-order valence-electron chi connectivity index (χ1n) is 4.74. The molecular formula is C11H16IN. The second kappa shape index (κ2) is 7.33. The van der Waals surface area contributed by atoms with E-state index in [-0.39, 0.29) is 0 Å². The molecule has 1 aromatic rings. The van der Waals surface area contributed by atoms with Crippen molar-refractivity contribution in [1.82, 2.24) is 5.32 Å². The van der Waals surface area contributed by atoms with Crippen molar-refractivity contribution in [2.75, 3.05) is 17.5 Å². The van der Waals surface area contributed by atoms with Gasteiger partial charge in [-0.25, -0.2) is 0 Å². The molecular weight excluding hydrogens is 273 g/mol. The molecule has 0 heterocycles. The molecule has 13 heavy (non-hydrogen) atoms. The third-order valence-corrected chi connectivity index (χ3v) is 2.68. The molecule has 0 atom stereocenters. The highest BCUT2D eigenvalue weighted by Gasteiger charge is 1.90. The highest BCUT2D eigenvalue weighted by Crippen LogP contribution is 1.98.